The predicted octanol–water partition coefficient (Wildman–Crippen LogP) is 3.24. The van der Waals surface area contributed by atoms with Crippen LogP contribution in [0.3, 0.4) is 0 Å². The minimum Gasteiger partial charge on any atom is -0.381 e. The van der Waals surface area contributed by atoms with Gasteiger partial charge in [0.15, 0.2) is 0 Å². The van der Waals surface area contributed by atoms with Gasteiger partial charge in [0.25, 0.3) is 0 Å². The maximum atomic E-state index is 5.44. The summed E-state index contributed by atoms with van der Waals surface area (Å²) in [5, 5.41) is 0.968. The predicted molar refractivity (Wildman–Crippen MR) is 90.2 cm³/mol. The summed E-state index contributed by atoms with van der Waals surface area (Å²) < 4.78 is 5.44. The van der Waals surface area contributed by atoms with Crippen LogP contribution in [0, 0.1) is 5.92 Å². The first kappa shape index (κ1) is 15.3. The molecule has 0 N–H and O–H groups in total. The molecule has 1 aliphatic heterocycles. The fraction of sp³-hybridized carbons (Fsp3) is 0.412. The van der Waals surface area contributed by atoms with E-state index in [0.717, 1.165) is 42.8 Å². The maximum absolute atomic E-state index is 5.44. The van der Waals surface area contributed by atoms with Crippen LogP contribution >= 0.6 is 11.8 Å². The van der Waals surface area contributed by atoms with E-state index in [0.29, 0.717) is 5.92 Å². The Bertz CT molecular complexity index is 587. The molecule has 1 unspecified atom stereocenters. The van der Waals surface area contributed by atoms with E-state index < -0.39 is 0 Å². The van der Waals surface area contributed by atoms with Gasteiger partial charge in [-0.1, -0.05) is 30.3 Å². The van der Waals surface area contributed by atoms with Crippen molar-refractivity contribution in [2.45, 2.75) is 17.2 Å². The molecule has 4 nitrogen and oxygen atoms in total. The van der Waals surface area contributed by atoms with E-state index in [-0.39, 0.29) is 0 Å². The average molecular weight is 315 g/mol. The smallest absolute Gasteiger partial charge is 0.148 e. The van der Waals surface area contributed by atoms with Crippen LogP contribution in [-0.2, 0) is 10.5 Å². The van der Waals surface area contributed by atoms with Crippen LogP contribution in [0.4, 0.5) is 5.82 Å². The van der Waals surface area contributed by atoms with E-state index in [4.69, 9.17) is 9.72 Å². The molecule has 1 aliphatic rings. The van der Waals surface area contributed by atoms with Crippen molar-refractivity contribution in [2.75, 3.05) is 31.7 Å². The third-order valence-corrected chi connectivity index (χ3v) is 4.75. The van der Waals surface area contributed by atoms with Gasteiger partial charge in [-0.2, -0.15) is 0 Å². The Kier molecular flexibility index (Phi) is 5.29. The number of ether oxygens (including phenoxy) is 1. The van der Waals surface area contributed by atoms with Crippen LogP contribution in [0.1, 0.15) is 12.0 Å². The van der Waals surface area contributed by atoms with Gasteiger partial charge in [-0.25, -0.2) is 4.98 Å². The first-order valence-electron chi connectivity index (χ1n) is 7.59. The van der Waals surface area contributed by atoms with Crippen molar-refractivity contribution in [1.82, 2.24) is 9.97 Å². The molecular weight excluding hydrogens is 294 g/mol. The molecule has 1 aromatic heterocycles. The molecule has 1 fully saturated rings. The van der Waals surface area contributed by atoms with Gasteiger partial charge in [0.1, 0.15) is 10.8 Å². The topological polar surface area (TPSA) is 38.2 Å². The summed E-state index contributed by atoms with van der Waals surface area (Å²) in [6, 6.07) is 10.4. The number of hydrogen-bond donors (Lipinski definition) is 0. The lowest BCUT2D eigenvalue weighted by atomic mass is 10.1. The van der Waals surface area contributed by atoms with Crippen LogP contribution in [0.25, 0.3) is 0 Å². The second-order valence-electron chi connectivity index (χ2n) is 5.60. The normalized spacial score (nSPS) is 17.6. The first-order valence-corrected chi connectivity index (χ1v) is 8.57. The van der Waals surface area contributed by atoms with Gasteiger partial charge < -0.3 is 9.64 Å². The summed E-state index contributed by atoms with van der Waals surface area (Å²) >= 11 is 1.72. The van der Waals surface area contributed by atoms with Gasteiger partial charge in [-0.05, 0) is 12.0 Å². The molecule has 22 heavy (non-hydrogen) atoms. The molecule has 1 aromatic carbocycles. The Morgan fingerprint density at radius 1 is 1.27 bits per heavy atom. The molecule has 0 saturated carbocycles. The van der Waals surface area contributed by atoms with E-state index in [1.807, 2.05) is 18.5 Å². The summed E-state index contributed by atoms with van der Waals surface area (Å²) in [5.41, 5.74) is 1.30. The van der Waals surface area contributed by atoms with E-state index in [2.05, 4.69) is 41.2 Å². The fourth-order valence-electron chi connectivity index (χ4n) is 2.53. The van der Waals surface area contributed by atoms with Crippen molar-refractivity contribution in [3.8, 4) is 0 Å². The fourth-order valence-corrected chi connectivity index (χ4v) is 3.33. The van der Waals surface area contributed by atoms with Crippen molar-refractivity contribution >= 4 is 17.6 Å². The molecule has 0 radical (unpaired) electrons. The molecule has 0 bridgehead atoms. The molecule has 0 aliphatic carbocycles. The number of anilines is 1. The van der Waals surface area contributed by atoms with E-state index in [1.54, 1.807) is 11.8 Å². The minimum atomic E-state index is 0.604. The highest BCUT2D eigenvalue weighted by atomic mass is 32.2. The van der Waals surface area contributed by atoms with Crippen molar-refractivity contribution in [1.29, 1.82) is 0 Å². The Morgan fingerprint density at radius 3 is 2.91 bits per heavy atom. The summed E-state index contributed by atoms with van der Waals surface area (Å²) in [6.45, 7) is 2.72. The third kappa shape index (κ3) is 4.21. The van der Waals surface area contributed by atoms with Crippen LogP contribution < -0.4 is 4.90 Å². The Balaban J connectivity index is 1.59. The van der Waals surface area contributed by atoms with Crippen molar-refractivity contribution in [2.24, 2.45) is 5.92 Å². The van der Waals surface area contributed by atoms with Crippen molar-refractivity contribution in [3.05, 3.63) is 48.3 Å². The summed E-state index contributed by atoms with van der Waals surface area (Å²) in [4.78, 5) is 11.2. The average Bonchev–Trinajstić information content (AvgIpc) is 3.07. The lowest BCUT2D eigenvalue weighted by Crippen LogP contribution is -2.26. The lowest BCUT2D eigenvalue weighted by molar-refractivity contribution is 0.186. The van der Waals surface area contributed by atoms with Crippen LogP contribution in [-0.4, -0.2) is 36.8 Å². The zero-order chi connectivity index (χ0) is 15.2. The molecule has 2 heterocycles. The number of thioether (sulfide) groups is 1. The quantitative estimate of drug-likeness (QED) is 0.765. The number of aromatic nitrogens is 2. The molecule has 0 amide bonds. The molecule has 2 aromatic rings. The van der Waals surface area contributed by atoms with Crippen LogP contribution in [0.5, 0.6) is 0 Å². The minimum absolute atomic E-state index is 0.604. The van der Waals surface area contributed by atoms with Gasteiger partial charge in [0.05, 0.1) is 19.0 Å². The summed E-state index contributed by atoms with van der Waals surface area (Å²) in [5.74, 6) is 2.46. The SMILES string of the molecule is CN(CC1CCOC1)c1cncc(SCc2ccccc2)n1. The molecule has 5 heteroatoms. The maximum Gasteiger partial charge on any atom is 0.148 e. The molecule has 116 valence electrons. The van der Waals surface area contributed by atoms with Crippen molar-refractivity contribution < 1.29 is 4.74 Å². The van der Waals surface area contributed by atoms with Gasteiger partial charge in [0.2, 0.25) is 0 Å². The third-order valence-electron chi connectivity index (χ3n) is 3.78. The van der Waals surface area contributed by atoms with Gasteiger partial charge >= 0.3 is 0 Å². The molecule has 0 spiro atoms. The molecule has 1 saturated heterocycles. The van der Waals surface area contributed by atoms with Gasteiger partial charge in [0, 0.05) is 31.9 Å². The Hall–Kier alpha value is -1.59. The number of benzene rings is 1. The highest BCUT2D eigenvalue weighted by Gasteiger charge is 2.18. The molecule has 1 atom stereocenters. The highest BCUT2D eigenvalue weighted by Crippen LogP contribution is 2.23. The van der Waals surface area contributed by atoms with E-state index in [9.17, 15) is 0 Å². The standard InChI is InChI=1S/C17H21N3OS/c1-20(11-15-7-8-21-12-15)16-9-18-10-17(19-16)22-13-14-5-3-2-4-6-14/h2-6,9-10,15H,7-8,11-13H2,1H3. The summed E-state index contributed by atoms with van der Waals surface area (Å²) in [7, 11) is 2.08. The molecule has 3 rings (SSSR count). The largest absolute Gasteiger partial charge is 0.381 e. The van der Waals surface area contributed by atoms with Gasteiger partial charge in [-0.15, -0.1) is 11.8 Å². The number of nitrogens with zero attached hydrogens (tertiary/aromatic N) is 3. The summed E-state index contributed by atoms with van der Waals surface area (Å²) in [6.07, 6.45) is 4.81. The number of rotatable bonds is 6. The second-order valence-corrected chi connectivity index (χ2v) is 6.60. The van der Waals surface area contributed by atoms with Gasteiger partial charge in [-0.3, -0.25) is 4.98 Å². The number of hydrogen-bond acceptors (Lipinski definition) is 5. The highest BCUT2D eigenvalue weighted by molar-refractivity contribution is 7.98. The van der Waals surface area contributed by atoms with Crippen LogP contribution in [0.2, 0.25) is 0 Å². The van der Waals surface area contributed by atoms with E-state index in [1.165, 1.54) is 5.56 Å². The van der Waals surface area contributed by atoms with Crippen molar-refractivity contribution in [3.63, 3.8) is 0 Å². The zero-order valence-corrected chi connectivity index (χ0v) is 13.6. The second kappa shape index (κ2) is 7.61. The Labute approximate surface area is 135 Å². The van der Waals surface area contributed by atoms with E-state index >= 15 is 0 Å². The monoisotopic (exact) mass is 315 g/mol. The van der Waals surface area contributed by atoms with Crippen LogP contribution in [0.15, 0.2) is 47.8 Å². The Morgan fingerprint density at radius 2 is 2.14 bits per heavy atom. The zero-order valence-electron chi connectivity index (χ0n) is 12.8. The lowest BCUT2D eigenvalue weighted by Gasteiger charge is -2.21. The molecular formula is C17H21N3OS. The first-order chi connectivity index (χ1) is 10.8.